The average molecular weight is 296 g/mol. The summed E-state index contributed by atoms with van der Waals surface area (Å²) in [6, 6.07) is 16.3. The maximum absolute atomic E-state index is 6.01. The molecule has 4 rings (SSSR count). The van der Waals surface area contributed by atoms with Crippen LogP contribution in [0.3, 0.4) is 0 Å². The second-order valence-electron chi connectivity index (χ2n) is 5.27. The van der Waals surface area contributed by atoms with E-state index in [0.717, 1.165) is 27.7 Å². The SMILES string of the molecule is CC1=CC(c2ccc(Cl)cc2)n2c(nc3ccccc32)N1. The highest BCUT2D eigenvalue weighted by Crippen LogP contribution is 2.34. The van der Waals surface area contributed by atoms with Crippen molar-refractivity contribution in [2.75, 3.05) is 5.32 Å². The molecule has 4 heteroatoms. The summed E-state index contributed by atoms with van der Waals surface area (Å²) in [4.78, 5) is 4.68. The predicted molar refractivity (Wildman–Crippen MR) is 86.7 cm³/mol. The number of benzene rings is 2. The fourth-order valence-electron chi connectivity index (χ4n) is 2.85. The van der Waals surface area contributed by atoms with Gasteiger partial charge in [0.15, 0.2) is 0 Å². The van der Waals surface area contributed by atoms with Crippen molar-refractivity contribution in [2.45, 2.75) is 13.0 Å². The number of rotatable bonds is 1. The van der Waals surface area contributed by atoms with Gasteiger partial charge in [0.2, 0.25) is 5.95 Å². The second kappa shape index (κ2) is 4.64. The third-order valence-corrected chi connectivity index (χ3v) is 4.05. The van der Waals surface area contributed by atoms with Crippen LogP contribution < -0.4 is 5.32 Å². The number of fused-ring (bicyclic) bond motifs is 3. The normalized spacial score (nSPS) is 17.2. The number of nitrogens with zero attached hydrogens (tertiary/aromatic N) is 2. The van der Waals surface area contributed by atoms with Gasteiger partial charge in [-0.05, 0) is 42.8 Å². The summed E-state index contributed by atoms with van der Waals surface area (Å²) in [5.74, 6) is 0.885. The monoisotopic (exact) mass is 295 g/mol. The summed E-state index contributed by atoms with van der Waals surface area (Å²) >= 11 is 6.01. The number of halogens is 1. The molecule has 0 amide bonds. The highest BCUT2D eigenvalue weighted by molar-refractivity contribution is 6.30. The number of anilines is 1. The highest BCUT2D eigenvalue weighted by atomic mass is 35.5. The topological polar surface area (TPSA) is 29.9 Å². The minimum atomic E-state index is 0.130. The summed E-state index contributed by atoms with van der Waals surface area (Å²) in [7, 11) is 0. The van der Waals surface area contributed by atoms with Crippen molar-refractivity contribution in [1.82, 2.24) is 9.55 Å². The number of allylic oxidation sites excluding steroid dienone is 2. The number of nitrogens with one attached hydrogen (secondary N) is 1. The van der Waals surface area contributed by atoms with E-state index < -0.39 is 0 Å². The van der Waals surface area contributed by atoms with Crippen molar-refractivity contribution in [2.24, 2.45) is 0 Å². The van der Waals surface area contributed by atoms with Gasteiger partial charge in [-0.2, -0.15) is 0 Å². The Bertz CT molecular complexity index is 846. The van der Waals surface area contributed by atoms with Crippen LogP contribution in [0.25, 0.3) is 11.0 Å². The molecular formula is C17H14ClN3. The van der Waals surface area contributed by atoms with Crippen LogP contribution >= 0.6 is 11.6 Å². The van der Waals surface area contributed by atoms with E-state index in [1.165, 1.54) is 5.56 Å². The van der Waals surface area contributed by atoms with Gasteiger partial charge in [0, 0.05) is 10.7 Å². The third-order valence-electron chi connectivity index (χ3n) is 3.80. The number of imidazole rings is 1. The van der Waals surface area contributed by atoms with E-state index in [2.05, 4.69) is 46.1 Å². The Labute approximate surface area is 127 Å². The molecule has 1 unspecified atom stereocenters. The third kappa shape index (κ3) is 2.01. The molecule has 1 atom stereocenters. The second-order valence-corrected chi connectivity index (χ2v) is 5.70. The molecule has 2 aromatic carbocycles. The summed E-state index contributed by atoms with van der Waals surface area (Å²) < 4.78 is 2.23. The molecule has 2 heterocycles. The quantitative estimate of drug-likeness (QED) is 0.710. The first kappa shape index (κ1) is 12.5. The lowest BCUT2D eigenvalue weighted by atomic mass is 10.0. The Kier molecular flexibility index (Phi) is 2.76. The molecule has 21 heavy (non-hydrogen) atoms. The summed E-state index contributed by atoms with van der Waals surface area (Å²) in [5, 5.41) is 4.10. The van der Waals surface area contributed by atoms with Crippen LogP contribution in [0.2, 0.25) is 5.02 Å². The molecule has 0 bridgehead atoms. The zero-order valence-corrected chi connectivity index (χ0v) is 12.3. The molecule has 104 valence electrons. The van der Waals surface area contributed by atoms with Crippen molar-refractivity contribution >= 4 is 28.6 Å². The van der Waals surface area contributed by atoms with Gasteiger partial charge in [0.05, 0.1) is 17.1 Å². The van der Waals surface area contributed by atoms with Crippen LogP contribution in [-0.2, 0) is 0 Å². The Hall–Kier alpha value is -2.26. The molecule has 0 fully saturated rings. The summed E-state index contributed by atoms with van der Waals surface area (Å²) in [6.07, 6.45) is 2.21. The van der Waals surface area contributed by atoms with Crippen LogP contribution in [-0.4, -0.2) is 9.55 Å². The van der Waals surface area contributed by atoms with E-state index in [0.29, 0.717) is 0 Å². The zero-order chi connectivity index (χ0) is 14.4. The van der Waals surface area contributed by atoms with Gasteiger partial charge in [-0.15, -0.1) is 0 Å². The number of hydrogen-bond donors (Lipinski definition) is 1. The fraction of sp³-hybridized carbons (Fsp3) is 0.118. The molecule has 0 aliphatic carbocycles. The molecule has 1 aliphatic heterocycles. The molecule has 0 saturated carbocycles. The first-order chi connectivity index (χ1) is 10.2. The maximum atomic E-state index is 6.01. The first-order valence-corrected chi connectivity index (χ1v) is 7.28. The van der Waals surface area contributed by atoms with E-state index in [4.69, 9.17) is 11.6 Å². The van der Waals surface area contributed by atoms with E-state index in [-0.39, 0.29) is 6.04 Å². The van der Waals surface area contributed by atoms with Gasteiger partial charge in [-0.25, -0.2) is 4.98 Å². The minimum Gasteiger partial charge on any atom is -0.330 e. The fourth-order valence-corrected chi connectivity index (χ4v) is 2.97. The van der Waals surface area contributed by atoms with Crippen molar-refractivity contribution < 1.29 is 0 Å². The van der Waals surface area contributed by atoms with Gasteiger partial charge in [0.1, 0.15) is 0 Å². The van der Waals surface area contributed by atoms with Gasteiger partial charge in [0.25, 0.3) is 0 Å². The van der Waals surface area contributed by atoms with Crippen LogP contribution in [0, 0.1) is 0 Å². The predicted octanol–water partition coefficient (Wildman–Crippen LogP) is 4.61. The minimum absolute atomic E-state index is 0.130. The Balaban J connectivity index is 1.95. The molecule has 3 nitrogen and oxygen atoms in total. The lowest BCUT2D eigenvalue weighted by molar-refractivity contribution is 0.707. The molecule has 1 aromatic heterocycles. The highest BCUT2D eigenvalue weighted by Gasteiger charge is 2.23. The zero-order valence-electron chi connectivity index (χ0n) is 11.5. The number of aromatic nitrogens is 2. The molecule has 0 spiro atoms. The Morgan fingerprint density at radius 3 is 2.67 bits per heavy atom. The standard InChI is InChI=1S/C17H14ClN3/c1-11-10-16(12-6-8-13(18)9-7-12)21-15-5-3-2-4-14(15)20-17(21)19-11/h2-10,16H,1H3,(H,19,20). The molecule has 0 radical (unpaired) electrons. The number of hydrogen-bond acceptors (Lipinski definition) is 2. The molecule has 1 aliphatic rings. The smallest absolute Gasteiger partial charge is 0.208 e. The van der Waals surface area contributed by atoms with E-state index >= 15 is 0 Å². The van der Waals surface area contributed by atoms with Gasteiger partial charge < -0.3 is 5.32 Å². The van der Waals surface area contributed by atoms with E-state index in [1.807, 2.05) is 30.3 Å². The molecule has 0 saturated heterocycles. The Morgan fingerprint density at radius 1 is 1.10 bits per heavy atom. The molecule has 1 N–H and O–H groups in total. The van der Waals surface area contributed by atoms with Crippen LogP contribution in [0.1, 0.15) is 18.5 Å². The van der Waals surface area contributed by atoms with E-state index in [9.17, 15) is 0 Å². The van der Waals surface area contributed by atoms with Crippen LogP contribution in [0.15, 0.2) is 60.3 Å². The lowest BCUT2D eigenvalue weighted by Crippen LogP contribution is -2.18. The van der Waals surface area contributed by atoms with Gasteiger partial charge in [-0.1, -0.05) is 35.9 Å². The van der Waals surface area contributed by atoms with Crippen molar-refractivity contribution in [1.29, 1.82) is 0 Å². The van der Waals surface area contributed by atoms with Crippen molar-refractivity contribution in [3.63, 3.8) is 0 Å². The van der Waals surface area contributed by atoms with Crippen molar-refractivity contribution in [3.8, 4) is 0 Å². The van der Waals surface area contributed by atoms with Gasteiger partial charge in [-0.3, -0.25) is 4.57 Å². The van der Waals surface area contributed by atoms with Crippen LogP contribution in [0.4, 0.5) is 5.95 Å². The maximum Gasteiger partial charge on any atom is 0.208 e. The van der Waals surface area contributed by atoms with E-state index in [1.54, 1.807) is 0 Å². The molecule has 3 aromatic rings. The first-order valence-electron chi connectivity index (χ1n) is 6.90. The van der Waals surface area contributed by atoms with Crippen molar-refractivity contribution in [3.05, 3.63) is 70.9 Å². The Morgan fingerprint density at radius 2 is 1.86 bits per heavy atom. The largest absolute Gasteiger partial charge is 0.330 e. The molecular weight excluding hydrogens is 282 g/mol. The van der Waals surface area contributed by atoms with Crippen LogP contribution in [0.5, 0.6) is 0 Å². The average Bonchev–Trinajstić information content (AvgIpc) is 2.85. The summed E-state index contributed by atoms with van der Waals surface area (Å²) in [5.41, 5.74) is 4.44. The number of para-hydroxylation sites is 2. The summed E-state index contributed by atoms with van der Waals surface area (Å²) in [6.45, 7) is 2.06. The van der Waals surface area contributed by atoms with Gasteiger partial charge >= 0.3 is 0 Å². The lowest BCUT2D eigenvalue weighted by Gasteiger charge is -2.25.